The SMILES string of the molecule is CCn1ncc2c(NC3CCOCC3)c(-c3nc(Cc4nnc5n4CCCC5)no3)cnc21. The van der Waals surface area contributed by atoms with Crippen molar-refractivity contribution in [3.8, 4) is 11.5 Å². The summed E-state index contributed by atoms with van der Waals surface area (Å²) < 4.78 is 15.3. The zero-order chi connectivity index (χ0) is 22.2. The molecule has 6 rings (SSSR count). The van der Waals surface area contributed by atoms with Crippen molar-refractivity contribution in [3.63, 3.8) is 0 Å². The first-order chi connectivity index (χ1) is 16.3. The normalized spacial score (nSPS) is 16.9. The van der Waals surface area contributed by atoms with Crippen molar-refractivity contribution in [1.29, 1.82) is 0 Å². The number of hydrogen-bond donors (Lipinski definition) is 1. The summed E-state index contributed by atoms with van der Waals surface area (Å²) >= 11 is 0. The van der Waals surface area contributed by atoms with Crippen LogP contribution in [0, 0.1) is 0 Å². The molecule has 0 aliphatic carbocycles. The van der Waals surface area contributed by atoms with Gasteiger partial charge in [-0.1, -0.05) is 5.16 Å². The fraction of sp³-hybridized carbons (Fsp3) is 0.545. The highest BCUT2D eigenvalue weighted by Gasteiger charge is 2.23. The minimum atomic E-state index is 0.304. The lowest BCUT2D eigenvalue weighted by molar-refractivity contribution is 0.0905. The number of rotatable bonds is 6. The van der Waals surface area contributed by atoms with Crippen LogP contribution in [0.25, 0.3) is 22.5 Å². The van der Waals surface area contributed by atoms with E-state index < -0.39 is 0 Å². The highest BCUT2D eigenvalue weighted by molar-refractivity contribution is 5.96. The fourth-order valence-corrected chi connectivity index (χ4v) is 4.70. The van der Waals surface area contributed by atoms with Crippen molar-refractivity contribution in [2.45, 2.75) is 64.6 Å². The van der Waals surface area contributed by atoms with Gasteiger partial charge in [0.15, 0.2) is 11.5 Å². The first-order valence-corrected chi connectivity index (χ1v) is 11.7. The Bertz CT molecular complexity index is 1270. The van der Waals surface area contributed by atoms with Gasteiger partial charge < -0.3 is 19.1 Å². The summed E-state index contributed by atoms with van der Waals surface area (Å²) in [4.78, 5) is 9.37. The molecule has 2 aliphatic heterocycles. The number of hydrogen-bond acceptors (Lipinski definition) is 9. The van der Waals surface area contributed by atoms with Gasteiger partial charge in [0.1, 0.15) is 11.6 Å². The maximum absolute atomic E-state index is 5.70. The van der Waals surface area contributed by atoms with E-state index in [2.05, 4.69) is 42.2 Å². The van der Waals surface area contributed by atoms with Gasteiger partial charge in [-0.05, 0) is 32.6 Å². The fourth-order valence-electron chi connectivity index (χ4n) is 4.70. The molecule has 0 bridgehead atoms. The third-order valence-corrected chi connectivity index (χ3v) is 6.49. The predicted octanol–water partition coefficient (Wildman–Crippen LogP) is 2.61. The smallest absolute Gasteiger partial charge is 0.261 e. The number of nitrogens with zero attached hydrogens (tertiary/aromatic N) is 8. The van der Waals surface area contributed by atoms with Crippen LogP contribution in [0.5, 0.6) is 0 Å². The Hall–Kier alpha value is -3.34. The van der Waals surface area contributed by atoms with Gasteiger partial charge in [-0.2, -0.15) is 10.1 Å². The van der Waals surface area contributed by atoms with Crippen LogP contribution in [0.15, 0.2) is 16.9 Å². The van der Waals surface area contributed by atoms with Gasteiger partial charge >= 0.3 is 0 Å². The second-order valence-electron chi connectivity index (χ2n) is 8.61. The van der Waals surface area contributed by atoms with Crippen LogP contribution in [-0.4, -0.2) is 58.9 Å². The zero-order valence-corrected chi connectivity index (χ0v) is 18.7. The molecule has 0 aromatic carbocycles. The van der Waals surface area contributed by atoms with Crippen LogP contribution >= 0.6 is 0 Å². The van der Waals surface area contributed by atoms with Gasteiger partial charge in [0, 0.05) is 45.0 Å². The molecule has 1 fully saturated rings. The van der Waals surface area contributed by atoms with Crippen molar-refractivity contribution < 1.29 is 9.26 Å². The summed E-state index contributed by atoms with van der Waals surface area (Å²) in [6.07, 6.45) is 9.32. The first kappa shape index (κ1) is 20.3. The van der Waals surface area contributed by atoms with Crippen LogP contribution in [0.2, 0.25) is 0 Å². The summed E-state index contributed by atoms with van der Waals surface area (Å²) in [7, 11) is 0. The average molecular weight is 450 g/mol. The summed E-state index contributed by atoms with van der Waals surface area (Å²) in [6.45, 7) is 5.26. The van der Waals surface area contributed by atoms with Gasteiger partial charge in [0.2, 0.25) is 0 Å². The Morgan fingerprint density at radius 3 is 2.94 bits per heavy atom. The summed E-state index contributed by atoms with van der Waals surface area (Å²) in [6, 6.07) is 0.304. The average Bonchev–Trinajstić information content (AvgIpc) is 3.59. The van der Waals surface area contributed by atoms with E-state index in [1.54, 1.807) is 6.20 Å². The number of aromatic nitrogens is 8. The van der Waals surface area contributed by atoms with Gasteiger partial charge in [-0.25, -0.2) is 9.67 Å². The lowest BCUT2D eigenvalue weighted by atomic mass is 10.1. The van der Waals surface area contributed by atoms with Gasteiger partial charge in [-0.3, -0.25) is 0 Å². The lowest BCUT2D eigenvalue weighted by Crippen LogP contribution is -2.28. The molecule has 1 N–H and O–H groups in total. The zero-order valence-electron chi connectivity index (χ0n) is 18.7. The minimum absolute atomic E-state index is 0.304. The van der Waals surface area contributed by atoms with E-state index in [1.165, 1.54) is 0 Å². The van der Waals surface area contributed by atoms with Crippen molar-refractivity contribution in [1.82, 2.24) is 39.7 Å². The molecular weight excluding hydrogens is 422 g/mol. The molecule has 33 heavy (non-hydrogen) atoms. The van der Waals surface area contributed by atoms with Crippen LogP contribution in [0.4, 0.5) is 5.69 Å². The third kappa shape index (κ3) is 3.75. The second-order valence-corrected chi connectivity index (χ2v) is 8.61. The molecule has 0 radical (unpaired) electrons. The van der Waals surface area contributed by atoms with Crippen molar-refractivity contribution >= 4 is 16.7 Å². The Morgan fingerprint density at radius 2 is 2.06 bits per heavy atom. The number of nitrogens with one attached hydrogen (secondary N) is 1. The molecule has 0 unspecified atom stereocenters. The Labute approximate surface area is 190 Å². The first-order valence-electron chi connectivity index (χ1n) is 11.7. The van der Waals surface area contributed by atoms with Gasteiger partial charge in [-0.15, -0.1) is 10.2 Å². The summed E-state index contributed by atoms with van der Waals surface area (Å²) in [5, 5.41) is 22.1. The van der Waals surface area contributed by atoms with E-state index in [-0.39, 0.29) is 0 Å². The Morgan fingerprint density at radius 1 is 1.15 bits per heavy atom. The molecule has 4 aromatic rings. The molecular formula is C22H27N9O2. The van der Waals surface area contributed by atoms with Gasteiger partial charge in [0.05, 0.1) is 29.3 Å². The molecule has 172 valence electrons. The number of fused-ring (bicyclic) bond motifs is 2. The maximum Gasteiger partial charge on any atom is 0.261 e. The molecule has 2 aliphatic rings. The monoisotopic (exact) mass is 449 g/mol. The van der Waals surface area contributed by atoms with E-state index in [0.29, 0.717) is 24.2 Å². The molecule has 0 atom stereocenters. The summed E-state index contributed by atoms with van der Waals surface area (Å²) in [5.74, 6) is 2.96. The van der Waals surface area contributed by atoms with E-state index >= 15 is 0 Å². The van der Waals surface area contributed by atoms with Crippen molar-refractivity contribution in [2.24, 2.45) is 0 Å². The molecule has 4 aromatic heterocycles. The number of ether oxygens (including phenoxy) is 1. The molecule has 1 saturated heterocycles. The standard InChI is InChI=1S/C22H27N9O2/c1-2-31-21-15(13-24-31)20(25-14-6-9-32-10-7-14)16(12-23-21)22-26-17(29-33-22)11-19-28-27-18-5-3-4-8-30(18)19/h12-14H,2-11H2,1H3,(H,23,25). The minimum Gasteiger partial charge on any atom is -0.381 e. The molecule has 11 nitrogen and oxygen atoms in total. The van der Waals surface area contributed by atoms with Crippen LogP contribution in [-0.2, 0) is 30.7 Å². The number of aryl methyl sites for hydroxylation is 2. The number of anilines is 1. The molecule has 0 amide bonds. The van der Waals surface area contributed by atoms with E-state index in [9.17, 15) is 0 Å². The second kappa shape index (κ2) is 8.54. The Balaban J connectivity index is 1.34. The molecule has 0 spiro atoms. The third-order valence-electron chi connectivity index (χ3n) is 6.49. The van der Waals surface area contributed by atoms with E-state index in [0.717, 1.165) is 92.3 Å². The largest absolute Gasteiger partial charge is 0.381 e. The Kier molecular flexibility index (Phi) is 5.25. The van der Waals surface area contributed by atoms with Crippen molar-refractivity contribution in [3.05, 3.63) is 29.9 Å². The van der Waals surface area contributed by atoms with E-state index in [1.807, 2.05) is 10.9 Å². The summed E-state index contributed by atoms with van der Waals surface area (Å²) in [5.41, 5.74) is 2.55. The van der Waals surface area contributed by atoms with Crippen LogP contribution in [0.3, 0.4) is 0 Å². The van der Waals surface area contributed by atoms with Crippen LogP contribution in [0.1, 0.15) is 50.1 Å². The van der Waals surface area contributed by atoms with Crippen molar-refractivity contribution in [2.75, 3.05) is 18.5 Å². The highest BCUT2D eigenvalue weighted by Crippen LogP contribution is 2.34. The maximum atomic E-state index is 5.70. The molecule has 11 heteroatoms. The molecule has 6 heterocycles. The topological polar surface area (TPSA) is 122 Å². The van der Waals surface area contributed by atoms with Crippen LogP contribution < -0.4 is 5.32 Å². The quantitative estimate of drug-likeness (QED) is 0.473. The lowest BCUT2D eigenvalue weighted by Gasteiger charge is -2.25. The molecule has 0 saturated carbocycles. The number of pyridine rings is 1. The van der Waals surface area contributed by atoms with Gasteiger partial charge in [0.25, 0.3) is 5.89 Å². The van der Waals surface area contributed by atoms with E-state index in [4.69, 9.17) is 14.2 Å². The highest BCUT2D eigenvalue weighted by atomic mass is 16.5. The predicted molar refractivity (Wildman–Crippen MR) is 120 cm³/mol.